The zero-order chi connectivity index (χ0) is 23.6. The summed E-state index contributed by atoms with van der Waals surface area (Å²) in [5, 5.41) is 0. The Labute approximate surface area is 196 Å². The molecule has 2 N–H and O–H groups in total. The van der Waals surface area contributed by atoms with Crippen LogP contribution in [-0.2, 0) is 6.18 Å². The number of rotatable bonds is 6. The van der Waals surface area contributed by atoms with Crippen LogP contribution >= 0.6 is 0 Å². The number of fused-ring (bicyclic) bond motifs is 1. The van der Waals surface area contributed by atoms with E-state index in [2.05, 4.69) is 19.4 Å². The van der Waals surface area contributed by atoms with E-state index >= 15 is 0 Å². The van der Waals surface area contributed by atoms with Gasteiger partial charge in [0.05, 0.1) is 11.3 Å². The van der Waals surface area contributed by atoms with Crippen molar-refractivity contribution in [2.24, 2.45) is 11.8 Å². The molecule has 34 heavy (non-hydrogen) atoms. The molecule has 0 aromatic carbocycles. The van der Waals surface area contributed by atoms with Gasteiger partial charge in [-0.2, -0.15) is 13.2 Å². The number of piperazine rings is 1. The first-order valence-electron chi connectivity index (χ1n) is 12.3. The van der Waals surface area contributed by atoms with Gasteiger partial charge in [0.1, 0.15) is 18.3 Å². The summed E-state index contributed by atoms with van der Waals surface area (Å²) < 4.78 is 54.9. The summed E-state index contributed by atoms with van der Waals surface area (Å²) >= 11 is 0. The summed E-state index contributed by atoms with van der Waals surface area (Å²) in [4.78, 5) is 13.3. The number of hydrogen-bond acceptors (Lipinski definition) is 5. The summed E-state index contributed by atoms with van der Waals surface area (Å²) in [6.07, 6.45) is 3.25. The SMILES string of the molecule is Nc1ncc(-c2cn([C@H]3[C@@H]4CC(N5CCN(CCF)CC5)C[C@@H]43)c(C3CC3)n2)cc1C(F)(F)F. The molecule has 2 aromatic heterocycles. The number of anilines is 1. The van der Waals surface area contributed by atoms with Crippen LogP contribution in [0.2, 0.25) is 0 Å². The molecular formula is C24H30F4N6. The van der Waals surface area contributed by atoms with Crippen molar-refractivity contribution in [1.29, 1.82) is 0 Å². The fourth-order valence-electron chi connectivity index (χ4n) is 6.23. The number of nitrogens with two attached hydrogens (primary N) is 1. The molecule has 3 heterocycles. The van der Waals surface area contributed by atoms with Crippen molar-refractivity contribution in [1.82, 2.24) is 24.3 Å². The third-order valence-electron chi connectivity index (χ3n) is 8.24. The fourth-order valence-corrected chi connectivity index (χ4v) is 6.23. The van der Waals surface area contributed by atoms with E-state index in [1.807, 2.05) is 6.20 Å². The third kappa shape index (κ3) is 3.98. The molecule has 1 unspecified atom stereocenters. The maximum Gasteiger partial charge on any atom is 0.419 e. The van der Waals surface area contributed by atoms with E-state index in [-0.39, 0.29) is 6.67 Å². The van der Waals surface area contributed by atoms with Crippen LogP contribution in [0.25, 0.3) is 11.3 Å². The number of imidazole rings is 1. The molecule has 6 rings (SSSR count). The van der Waals surface area contributed by atoms with Crippen LogP contribution in [0.3, 0.4) is 0 Å². The van der Waals surface area contributed by atoms with Gasteiger partial charge < -0.3 is 10.3 Å². The smallest absolute Gasteiger partial charge is 0.383 e. The Morgan fingerprint density at radius 3 is 2.38 bits per heavy atom. The van der Waals surface area contributed by atoms with E-state index in [4.69, 9.17) is 10.7 Å². The van der Waals surface area contributed by atoms with Crippen LogP contribution in [-0.4, -0.2) is 69.8 Å². The number of hydrogen-bond donors (Lipinski definition) is 1. The van der Waals surface area contributed by atoms with Crippen LogP contribution in [0.4, 0.5) is 23.4 Å². The van der Waals surface area contributed by atoms with Gasteiger partial charge in [-0.15, -0.1) is 0 Å². The number of nitrogen functional groups attached to an aromatic ring is 1. The second-order valence-electron chi connectivity index (χ2n) is 10.3. The molecule has 6 nitrogen and oxygen atoms in total. The Balaban J connectivity index is 1.17. The lowest BCUT2D eigenvalue weighted by Gasteiger charge is -2.38. The summed E-state index contributed by atoms with van der Waals surface area (Å²) in [6, 6.07) is 2.05. The maximum atomic E-state index is 13.3. The molecule has 4 fully saturated rings. The van der Waals surface area contributed by atoms with Crippen LogP contribution in [0, 0.1) is 11.8 Å². The van der Waals surface area contributed by atoms with Gasteiger partial charge in [-0.05, 0) is 43.6 Å². The topological polar surface area (TPSA) is 63.2 Å². The second kappa shape index (κ2) is 8.19. The van der Waals surface area contributed by atoms with Crippen molar-refractivity contribution in [3.63, 3.8) is 0 Å². The van der Waals surface area contributed by atoms with Gasteiger partial charge in [-0.1, -0.05) is 0 Å². The van der Waals surface area contributed by atoms with Crippen LogP contribution in [0.1, 0.15) is 49.0 Å². The van der Waals surface area contributed by atoms with Gasteiger partial charge in [-0.3, -0.25) is 9.80 Å². The Kier molecular flexibility index (Phi) is 5.36. The second-order valence-corrected chi connectivity index (χ2v) is 10.3. The first-order valence-corrected chi connectivity index (χ1v) is 12.3. The van der Waals surface area contributed by atoms with Gasteiger partial charge >= 0.3 is 6.18 Å². The molecule has 0 spiro atoms. The zero-order valence-electron chi connectivity index (χ0n) is 19.0. The van der Waals surface area contributed by atoms with E-state index in [1.165, 1.54) is 6.20 Å². The standard InChI is InChI=1S/C24H30F4N6/c25-3-4-32-5-7-33(8-6-32)16-10-17-18(11-16)21(17)34-13-20(31-23(34)14-1-2-14)15-9-19(24(26,27)28)22(29)30-12-15/h9,12-14,16-18,21H,1-8,10-11H2,(H2,29,30)/t16?,17-,18+,21+. The Bertz CT molecular complexity index is 1040. The quantitative estimate of drug-likeness (QED) is 0.637. The number of alkyl halides is 4. The molecule has 0 bridgehead atoms. The molecular weight excluding hydrogens is 448 g/mol. The van der Waals surface area contributed by atoms with Crippen molar-refractivity contribution in [3.05, 3.63) is 29.8 Å². The summed E-state index contributed by atoms with van der Waals surface area (Å²) in [5.41, 5.74) is 5.48. The van der Waals surface area contributed by atoms with Crippen molar-refractivity contribution in [3.8, 4) is 11.3 Å². The fraction of sp³-hybridized carbons (Fsp3) is 0.667. The molecule has 4 atom stereocenters. The van der Waals surface area contributed by atoms with Crippen LogP contribution in [0.15, 0.2) is 18.5 Å². The summed E-state index contributed by atoms with van der Waals surface area (Å²) in [7, 11) is 0. The van der Waals surface area contributed by atoms with Gasteiger partial charge in [0, 0.05) is 68.7 Å². The average molecular weight is 479 g/mol. The van der Waals surface area contributed by atoms with Gasteiger partial charge in [0.15, 0.2) is 0 Å². The number of nitrogens with zero attached hydrogens (tertiary/aromatic N) is 5. The molecule has 10 heteroatoms. The van der Waals surface area contributed by atoms with Crippen molar-refractivity contribution in [2.75, 3.05) is 45.1 Å². The highest BCUT2D eigenvalue weighted by Crippen LogP contribution is 2.62. The maximum absolute atomic E-state index is 13.3. The molecule has 1 aliphatic heterocycles. The third-order valence-corrected chi connectivity index (χ3v) is 8.24. The number of pyridine rings is 1. The molecule has 4 aliphatic rings. The largest absolute Gasteiger partial charge is 0.419 e. The Hall–Kier alpha value is -2.20. The van der Waals surface area contributed by atoms with Gasteiger partial charge in [0.2, 0.25) is 0 Å². The summed E-state index contributed by atoms with van der Waals surface area (Å²) in [5.74, 6) is 2.10. The monoisotopic (exact) mass is 478 g/mol. The molecule has 0 amide bonds. The van der Waals surface area contributed by atoms with Gasteiger partial charge in [-0.25, -0.2) is 14.4 Å². The highest BCUT2D eigenvalue weighted by Gasteiger charge is 2.59. The highest BCUT2D eigenvalue weighted by molar-refractivity contribution is 5.62. The van der Waals surface area contributed by atoms with E-state index < -0.39 is 17.6 Å². The molecule has 2 aromatic rings. The molecule has 3 aliphatic carbocycles. The summed E-state index contributed by atoms with van der Waals surface area (Å²) in [6.45, 7) is 4.13. The molecule has 184 valence electrons. The first kappa shape index (κ1) is 22.3. The molecule has 3 saturated carbocycles. The zero-order valence-corrected chi connectivity index (χ0v) is 19.0. The van der Waals surface area contributed by atoms with Crippen LogP contribution in [0.5, 0.6) is 0 Å². The Morgan fingerprint density at radius 1 is 1.06 bits per heavy atom. The molecule has 1 saturated heterocycles. The predicted octanol–water partition coefficient (Wildman–Crippen LogP) is 3.96. The van der Waals surface area contributed by atoms with Crippen molar-refractivity contribution >= 4 is 5.82 Å². The van der Waals surface area contributed by atoms with E-state index in [0.29, 0.717) is 47.6 Å². The number of halogens is 4. The normalized spacial score (nSPS) is 30.0. The predicted molar refractivity (Wildman–Crippen MR) is 120 cm³/mol. The average Bonchev–Trinajstić information content (AvgIpc) is 3.68. The minimum Gasteiger partial charge on any atom is -0.383 e. The first-order chi connectivity index (χ1) is 16.3. The number of aromatic nitrogens is 3. The van der Waals surface area contributed by atoms with E-state index in [9.17, 15) is 17.6 Å². The highest BCUT2D eigenvalue weighted by atomic mass is 19.4. The lowest BCUT2D eigenvalue weighted by molar-refractivity contribution is -0.137. The Morgan fingerprint density at radius 2 is 1.76 bits per heavy atom. The lowest BCUT2D eigenvalue weighted by atomic mass is 10.1. The minimum atomic E-state index is -4.55. The van der Waals surface area contributed by atoms with E-state index in [1.54, 1.807) is 0 Å². The van der Waals surface area contributed by atoms with E-state index in [0.717, 1.165) is 63.8 Å². The lowest BCUT2D eigenvalue weighted by Crippen LogP contribution is -2.50. The van der Waals surface area contributed by atoms with Crippen molar-refractivity contribution < 1.29 is 17.6 Å². The minimum absolute atomic E-state index is 0.282. The van der Waals surface area contributed by atoms with Gasteiger partial charge in [0.25, 0.3) is 0 Å². The van der Waals surface area contributed by atoms with Crippen LogP contribution < -0.4 is 5.73 Å². The van der Waals surface area contributed by atoms with Crippen molar-refractivity contribution in [2.45, 2.75) is 49.9 Å². The molecule has 0 radical (unpaired) electrons.